The number of nitrogens with zero attached hydrogens (tertiary/aromatic N) is 2. The van der Waals surface area contributed by atoms with Gasteiger partial charge in [-0.15, -0.1) is 0 Å². The van der Waals surface area contributed by atoms with Crippen LogP contribution in [0.5, 0.6) is 0 Å². The highest BCUT2D eigenvalue weighted by molar-refractivity contribution is 5.99. The van der Waals surface area contributed by atoms with Crippen molar-refractivity contribution in [3.63, 3.8) is 0 Å². The third kappa shape index (κ3) is 3.94. The average Bonchev–Trinajstić information content (AvgIpc) is 3.17. The van der Waals surface area contributed by atoms with Gasteiger partial charge in [-0.25, -0.2) is 8.78 Å². The summed E-state index contributed by atoms with van der Waals surface area (Å²) in [4.78, 5) is 29.1. The Balaban J connectivity index is 1.38. The van der Waals surface area contributed by atoms with E-state index in [0.717, 1.165) is 11.6 Å². The summed E-state index contributed by atoms with van der Waals surface area (Å²) in [7, 11) is 0. The number of piperazine rings is 1. The van der Waals surface area contributed by atoms with Crippen LogP contribution in [0.1, 0.15) is 24.1 Å². The molecule has 0 aromatic heterocycles. The first kappa shape index (κ1) is 23.0. The van der Waals surface area contributed by atoms with Crippen molar-refractivity contribution in [3.05, 3.63) is 94.5 Å². The summed E-state index contributed by atoms with van der Waals surface area (Å²) in [5.74, 6) is -3.52. The summed E-state index contributed by atoms with van der Waals surface area (Å²) in [6.07, 6.45) is -1.42. The summed E-state index contributed by atoms with van der Waals surface area (Å²) >= 11 is 0. The van der Waals surface area contributed by atoms with Crippen molar-refractivity contribution < 1.29 is 33.3 Å². The molecule has 4 atom stereocenters. The highest BCUT2D eigenvalue weighted by atomic mass is 19.1. The van der Waals surface area contributed by atoms with Crippen molar-refractivity contribution in [2.75, 3.05) is 6.54 Å². The van der Waals surface area contributed by atoms with Gasteiger partial charge in [-0.1, -0.05) is 36.4 Å². The summed E-state index contributed by atoms with van der Waals surface area (Å²) in [5.41, 5.74) is 0.578. The van der Waals surface area contributed by atoms with Crippen molar-refractivity contribution >= 4 is 11.8 Å². The summed E-state index contributed by atoms with van der Waals surface area (Å²) in [6.45, 7) is 1.73. The van der Waals surface area contributed by atoms with E-state index in [1.165, 1.54) is 17.2 Å². The molecule has 0 aliphatic carbocycles. The monoisotopic (exact) mass is 483 g/mol. The number of halogens is 2. The maximum absolute atomic E-state index is 13.9. The van der Waals surface area contributed by atoms with Crippen LogP contribution < -0.4 is 5.32 Å². The molecular formula is C25H23F2N3O5. The summed E-state index contributed by atoms with van der Waals surface area (Å²) in [6, 6.07) is 12.0. The van der Waals surface area contributed by atoms with Gasteiger partial charge in [-0.2, -0.15) is 0 Å². The fourth-order valence-electron chi connectivity index (χ4n) is 4.78. The van der Waals surface area contributed by atoms with Crippen LogP contribution in [0.25, 0.3) is 0 Å². The maximum atomic E-state index is 13.9. The van der Waals surface area contributed by atoms with Crippen LogP contribution in [0.15, 0.2) is 71.8 Å². The Bertz CT molecular complexity index is 1250. The first-order valence-electron chi connectivity index (χ1n) is 11.1. The third-order valence-electron chi connectivity index (χ3n) is 6.45. The van der Waals surface area contributed by atoms with Crippen molar-refractivity contribution in [2.24, 2.45) is 0 Å². The molecule has 0 spiro atoms. The number of amides is 2. The molecule has 2 saturated heterocycles. The minimum absolute atomic E-state index is 0.0511. The highest BCUT2D eigenvalue weighted by Gasteiger charge is 2.51. The van der Waals surface area contributed by atoms with Crippen LogP contribution in [-0.4, -0.2) is 56.8 Å². The smallest absolute Gasteiger partial charge is 0.276 e. The number of nitrogens with one attached hydrogen (secondary N) is 1. The van der Waals surface area contributed by atoms with Gasteiger partial charge in [0.25, 0.3) is 11.8 Å². The largest absolute Gasteiger partial charge is 0.507 e. The highest BCUT2D eigenvalue weighted by Crippen LogP contribution is 2.42. The molecule has 182 valence electrons. The number of hydrogen-bond acceptors (Lipinski definition) is 6. The molecular weight excluding hydrogens is 460 g/mol. The van der Waals surface area contributed by atoms with Gasteiger partial charge in [0.1, 0.15) is 23.4 Å². The molecule has 35 heavy (non-hydrogen) atoms. The fourth-order valence-corrected chi connectivity index (χ4v) is 4.78. The van der Waals surface area contributed by atoms with Crippen molar-refractivity contribution in [3.8, 4) is 0 Å². The van der Waals surface area contributed by atoms with E-state index in [2.05, 4.69) is 5.32 Å². The molecule has 0 bridgehead atoms. The number of carbonyl (C=O) groups is 2. The first-order chi connectivity index (χ1) is 16.8. The molecule has 5 rings (SSSR count). The minimum atomic E-state index is -1.75. The molecule has 2 fully saturated rings. The quantitative estimate of drug-likeness (QED) is 0.617. The molecule has 3 aliphatic rings. The second-order valence-electron chi connectivity index (χ2n) is 8.66. The molecule has 2 amide bonds. The van der Waals surface area contributed by atoms with Crippen molar-refractivity contribution in [2.45, 2.75) is 37.9 Å². The Hall–Kier alpha value is -3.76. The van der Waals surface area contributed by atoms with Gasteiger partial charge in [0.05, 0.1) is 24.3 Å². The molecule has 8 nitrogen and oxygen atoms in total. The van der Waals surface area contributed by atoms with Crippen LogP contribution in [0, 0.1) is 11.6 Å². The second kappa shape index (κ2) is 8.79. The predicted molar refractivity (Wildman–Crippen MR) is 119 cm³/mol. The predicted octanol–water partition coefficient (Wildman–Crippen LogP) is 2.24. The fraction of sp³-hybridized carbons (Fsp3) is 0.280. The van der Waals surface area contributed by atoms with E-state index in [0.29, 0.717) is 6.07 Å². The third-order valence-corrected chi connectivity index (χ3v) is 6.45. The number of aliphatic hydroxyl groups is 2. The molecule has 10 heteroatoms. The Morgan fingerprint density at radius 3 is 2.66 bits per heavy atom. The van der Waals surface area contributed by atoms with E-state index in [4.69, 9.17) is 4.74 Å². The van der Waals surface area contributed by atoms with E-state index >= 15 is 0 Å². The van der Waals surface area contributed by atoms with E-state index in [9.17, 15) is 28.6 Å². The topological polar surface area (TPSA) is 102 Å². The Kier molecular flexibility index (Phi) is 5.78. The molecule has 1 unspecified atom stereocenters. The van der Waals surface area contributed by atoms with Gasteiger partial charge in [-0.3, -0.25) is 14.5 Å². The zero-order valence-corrected chi connectivity index (χ0v) is 18.7. The lowest BCUT2D eigenvalue weighted by molar-refractivity contribution is -0.141. The lowest BCUT2D eigenvalue weighted by atomic mass is 9.97. The number of fused-ring (bicyclic) bond motifs is 2. The van der Waals surface area contributed by atoms with Gasteiger partial charge < -0.3 is 25.2 Å². The Labute approximate surface area is 199 Å². The lowest BCUT2D eigenvalue weighted by Crippen LogP contribution is -2.54. The van der Waals surface area contributed by atoms with Crippen LogP contribution >= 0.6 is 0 Å². The average molecular weight is 483 g/mol. The zero-order valence-electron chi connectivity index (χ0n) is 18.7. The number of aliphatic hydroxyl groups excluding tert-OH is 2. The molecule has 0 radical (unpaired) electrons. The second-order valence-corrected chi connectivity index (χ2v) is 8.66. The zero-order chi connectivity index (χ0) is 24.9. The minimum Gasteiger partial charge on any atom is -0.507 e. The summed E-state index contributed by atoms with van der Waals surface area (Å²) < 4.78 is 33.0. The van der Waals surface area contributed by atoms with Crippen LogP contribution in [-0.2, 0) is 20.9 Å². The van der Waals surface area contributed by atoms with Gasteiger partial charge in [0, 0.05) is 24.4 Å². The first-order valence-corrected chi connectivity index (χ1v) is 11.1. The van der Waals surface area contributed by atoms with Gasteiger partial charge in [-0.05, 0) is 18.6 Å². The maximum Gasteiger partial charge on any atom is 0.276 e. The van der Waals surface area contributed by atoms with Gasteiger partial charge in [0.2, 0.25) is 0 Å². The number of ether oxygens (including phenoxy) is 1. The van der Waals surface area contributed by atoms with E-state index in [-0.39, 0.29) is 42.1 Å². The molecule has 3 N–H and O–H groups in total. The number of carbonyl (C=O) groups excluding carboxylic acids is 2. The number of benzene rings is 2. The molecule has 3 heterocycles. The Morgan fingerprint density at radius 2 is 1.94 bits per heavy atom. The number of hydrogen-bond donors (Lipinski definition) is 3. The van der Waals surface area contributed by atoms with E-state index < -0.39 is 41.5 Å². The van der Waals surface area contributed by atoms with Crippen molar-refractivity contribution in [1.29, 1.82) is 0 Å². The molecule has 2 aromatic rings. The Morgan fingerprint density at radius 1 is 1.20 bits per heavy atom. The van der Waals surface area contributed by atoms with Crippen LogP contribution in [0.4, 0.5) is 8.78 Å². The molecule has 3 aliphatic heterocycles. The van der Waals surface area contributed by atoms with E-state index in [1.807, 2.05) is 37.3 Å². The van der Waals surface area contributed by atoms with Gasteiger partial charge in [0.15, 0.2) is 12.0 Å². The molecule has 0 saturated carbocycles. The van der Waals surface area contributed by atoms with Gasteiger partial charge >= 0.3 is 0 Å². The number of rotatable bonds is 4. The van der Waals surface area contributed by atoms with Crippen LogP contribution in [0.2, 0.25) is 0 Å². The van der Waals surface area contributed by atoms with E-state index in [1.54, 1.807) is 4.90 Å². The standard InChI is InChI=1S/C25H23F2N3O5/c1-13-20(14-5-3-2-4-6-14)30-19(35-13)12-29-11-17(22(31)23(32)21(29)25(30)34)24(33)28-10-15-7-8-16(26)9-18(15)27/h2-9,11,13,19-20,22,31-32H,10,12H2,1H3,(H,28,33)/t13-,19-,20-,22?/m0/s1. The SMILES string of the molecule is C[C@@H]1O[C@H]2CN3C=C(C(=O)NCc4ccc(F)cc4F)C(O)C(O)=C3C(=O)N2[C@@H]1c1ccccc1. The van der Waals surface area contributed by atoms with Crippen LogP contribution in [0.3, 0.4) is 0 Å². The normalized spacial score (nSPS) is 25.8. The van der Waals surface area contributed by atoms with Crippen molar-refractivity contribution in [1.82, 2.24) is 15.1 Å². The lowest BCUT2D eigenvalue weighted by Gasteiger charge is -2.42. The summed E-state index contributed by atoms with van der Waals surface area (Å²) in [5, 5.41) is 23.8. The molecule has 2 aromatic carbocycles.